The van der Waals surface area contributed by atoms with Crippen molar-refractivity contribution in [3.8, 4) is 0 Å². The highest BCUT2D eigenvalue weighted by atomic mass is 35.5. The molecule has 6 atom stereocenters. The van der Waals surface area contributed by atoms with Crippen LogP contribution in [0.3, 0.4) is 0 Å². The minimum atomic E-state index is -2.86. The van der Waals surface area contributed by atoms with Gasteiger partial charge in [-0.1, -0.05) is 76.5 Å². The first-order chi connectivity index (χ1) is 16.5. The Hall–Kier alpha value is 0.478. The normalized spacial score (nSPS) is 45.9. The van der Waals surface area contributed by atoms with Crippen LogP contribution >= 0.6 is 11.6 Å². The van der Waals surface area contributed by atoms with Crippen LogP contribution < -0.4 is 0 Å². The summed E-state index contributed by atoms with van der Waals surface area (Å²) >= 11 is 6.45. The lowest BCUT2D eigenvalue weighted by Gasteiger charge is -2.67. The first-order valence-corrected chi connectivity index (χ1v) is 23.8. The Balaban J connectivity index is 1.66. The summed E-state index contributed by atoms with van der Waals surface area (Å²) in [6, 6.07) is 0. The van der Waals surface area contributed by atoms with Gasteiger partial charge in [-0.25, -0.2) is 0 Å². The van der Waals surface area contributed by atoms with Crippen molar-refractivity contribution < 1.29 is 16.8 Å². The van der Waals surface area contributed by atoms with Crippen molar-refractivity contribution in [1.82, 2.24) is 0 Å². The third-order valence-corrected chi connectivity index (χ3v) is 34.2. The maximum atomic E-state index is 7.70. The predicted molar refractivity (Wildman–Crippen MR) is 153 cm³/mol. The van der Waals surface area contributed by atoms with Crippen LogP contribution in [0, 0.1) is 0 Å². The summed E-state index contributed by atoms with van der Waals surface area (Å²) in [4.78, 5) is -0.301. The summed E-state index contributed by atoms with van der Waals surface area (Å²) < 4.78 is 30.3. The molecule has 3 aliphatic carbocycles. The molecule has 5 aliphatic rings. The Kier molecular flexibility index (Phi) is 7.41. The molecule has 0 aromatic carbocycles. The van der Waals surface area contributed by atoms with Crippen LogP contribution in [0.15, 0.2) is 22.4 Å². The van der Waals surface area contributed by atoms with Gasteiger partial charge in [0, 0.05) is 10.6 Å². The van der Waals surface area contributed by atoms with Crippen molar-refractivity contribution in [3.63, 3.8) is 0 Å². The standard InChI is InChI=1S/C26H47ClO4Si4/c1-7-12-21(2)33(5)28-26(3)32(4,23-13-8-9-14-23)29-35(26,25-19-17-22(27)18-20-25)31-34(6,30-33)24-15-10-11-16-24/h17,19,21,23-24H,7-16,18,20H2,1-6H3. The molecular weight excluding hydrogens is 524 g/mol. The van der Waals surface area contributed by atoms with Crippen molar-refractivity contribution in [2.45, 2.75) is 139 Å². The van der Waals surface area contributed by atoms with E-state index < -0.39 is 34.0 Å². The molecule has 0 spiro atoms. The summed E-state index contributed by atoms with van der Waals surface area (Å²) in [7, 11) is -10.2. The van der Waals surface area contributed by atoms with Gasteiger partial charge in [-0.15, -0.1) is 0 Å². The summed E-state index contributed by atoms with van der Waals surface area (Å²) in [5, 5.41) is 2.31. The van der Waals surface area contributed by atoms with E-state index in [0.717, 1.165) is 24.3 Å². The molecule has 9 heteroatoms. The molecule has 0 radical (unpaired) electrons. The Morgan fingerprint density at radius 3 is 2.14 bits per heavy atom. The fraction of sp³-hybridized carbons (Fsp3) is 0.846. The van der Waals surface area contributed by atoms with E-state index in [1.54, 1.807) is 0 Å². The zero-order valence-electron chi connectivity index (χ0n) is 22.9. The lowest BCUT2D eigenvalue weighted by atomic mass is 10.2. The Bertz CT molecular complexity index is 891. The number of hydrogen-bond donors (Lipinski definition) is 0. The van der Waals surface area contributed by atoms with Gasteiger partial charge in [0.15, 0.2) is 0 Å². The summed E-state index contributed by atoms with van der Waals surface area (Å²) in [6.07, 6.45) is 18.8. The molecule has 2 aliphatic heterocycles. The molecule has 4 fully saturated rings. The molecule has 198 valence electrons. The van der Waals surface area contributed by atoms with Gasteiger partial charge in [-0.2, -0.15) is 0 Å². The lowest BCUT2D eigenvalue weighted by Crippen LogP contribution is -2.91. The molecular formula is C26H47ClO4Si4. The van der Waals surface area contributed by atoms with Gasteiger partial charge >= 0.3 is 25.7 Å². The number of rotatable bonds is 6. The maximum absolute atomic E-state index is 7.70. The van der Waals surface area contributed by atoms with Gasteiger partial charge in [-0.05, 0) is 81.0 Å². The van der Waals surface area contributed by atoms with Crippen LogP contribution in [0.2, 0.25) is 36.3 Å². The molecule has 0 bridgehead atoms. The molecule has 0 amide bonds. The second-order valence-corrected chi connectivity index (χ2v) is 29.0. The van der Waals surface area contributed by atoms with Gasteiger partial charge in [0.05, 0.1) is 0 Å². The monoisotopic (exact) mass is 570 g/mol. The van der Waals surface area contributed by atoms with Crippen molar-refractivity contribution in [3.05, 3.63) is 22.4 Å². The molecule has 0 N–H and O–H groups in total. The third-order valence-electron chi connectivity index (χ3n) is 10.5. The number of fused-ring (bicyclic) bond motifs is 1. The van der Waals surface area contributed by atoms with Crippen molar-refractivity contribution in [1.29, 1.82) is 0 Å². The summed E-state index contributed by atoms with van der Waals surface area (Å²) in [6.45, 7) is 14.4. The Morgan fingerprint density at radius 2 is 1.57 bits per heavy atom. The Labute approximate surface area is 223 Å². The van der Waals surface area contributed by atoms with Crippen LogP contribution in [0.1, 0.15) is 97.8 Å². The van der Waals surface area contributed by atoms with Gasteiger partial charge in [0.25, 0.3) is 0 Å². The van der Waals surface area contributed by atoms with Gasteiger partial charge in [-0.3, -0.25) is 0 Å². The van der Waals surface area contributed by atoms with Crippen molar-refractivity contribution in [2.24, 2.45) is 0 Å². The van der Waals surface area contributed by atoms with E-state index in [0.29, 0.717) is 16.6 Å². The van der Waals surface area contributed by atoms with Gasteiger partial charge < -0.3 is 16.8 Å². The van der Waals surface area contributed by atoms with Crippen molar-refractivity contribution in [2.75, 3.05) is 0 Å². The highest BCUT2D eigenvalue weighted by Gasteiger charge is 2.84. The summed E-state index contributed by atoms with van der Waals surface area (Å²) in [5.74, 6) is 0. The lowest BCUT2D eigenvalue weighted by molar-refractivity contribution is 0.0974. The summed E-state index contributed by atoms with van der Waals surface area (Å²) in [5.41, 5.74) is 1.66. The predicted octanol–water partition coefficient (Wildman–Crippen LogP) is 8.54. The van der Waals surface area contributed by atoms with E-state index in [9.17, 15) is 0 Å². The highest BCUT2D eigenvalue weighted by Crippen LogP contribution is 2.64. The van der Waals surface area contributed by atoms with Gasteiger partial charge in [0.2, 0.25) is 8.32 Å². The van der Waals surface area contributed by atoms with Crippen LogP contribution in [0.25, 0.3) is 0 Å². The fourth-order valence-corrected chi connectivity index (χ4v) is 36.8. The third kappa shape index (κ3) is 4.16. The zero-order valence-corrected chi connectivity index (χ0v) is 27.6. The molecule has 35 heavy (non-hydrogen) atoms. The van der Waals surface area contributed by atoms with Crippen LogP contribution in [0.4, 0.5) is 0 Å². The largest absolute Gasteiger partial charge is 0.429 e. The van der Waals surface area contributed by atoms with Gasteiger partial charge in [0.1, 0.15) is 4.85 Å². The second kappa shape index (κ2) is 9.59. The van der Waals surface area contributed by atoms with E-state index in [-0.39, 0.29) is 4.85 Å². The average Bonchev–Trinajstić information content (AvgIpc) is 3.52. The number of halogens is 1. The molecule has 2 saturated carbocycles. The number of hydrogen-bond acceptors (Lipinski definition) is 4. The molecule has 4 nitrogen and oxygen atoms in total. The van der Waals surface area contributed by atoms with Crippen molar-refractivity contribution >= 4 is 45.6 Å². The first kappa shape index (κ1) is 27.1. The minimum absolute atomic E-state index is 0.301. The van der Waals surface area contributed by atoms with Crippen LogP contribution in [-0.2, 0) is 16.8 Å². The van der Waals surface area contributed by atoms with E-state index in [4.69, 9.17) is 28.4 Å². The fourth-order valence-electron chi connectivity index (χ4n) is 7.98. The molecule has 0 aromatic rings. The highest BCUT2D eigenvalue weighted by molar-refractivity contribution is 7.12. The topological polar surface area (TPSA) is 36.9 Å². The first-order valence-electron chi connectivity index (χ1n) is 14.4. The second-order valence-electron chi connectivity index (χ2n) is 12.7. The maximum Gasteiger partial charge on any atom is 0.380 e. The van der Waals surface area contributed by atoms with Crippen LogP contribution in [-0.4, -0.2) is 38.8 Å². The van der Waals surface area contributed by atoms with E-state index >= 15 is 0 Å². The molecule has 2 heterocycles. The molecule has 2 saturated heterocycles. The minimum Gasteiger partial charge on any atom is -0.429 e. The van der Waals surface area contributed by atoms with E-state index in [2.05, 4.69) is 52.6 Å². The molecule has 6 unspecified atom stereocenters. The average molecular weight is 571 g/mol. The van der Waals surface area contributed by atoms with E-state index in [1.807, 2.05) is 0 Å². The Morgan fingerprint density at radius 1 is 0.943 bits per heavy atom. The molecule has 0 aromatic heterocycles. The zero-order chi connectivity index (χ0) is 25.1. The quantitative estimate of drug-likeness (QED) is 0.300. The smallest absolute Gasteiger partial charge is 0.380 e. The SMILES string of the molecule is CCCC(C)[Si]1(C)OC2(C)[Si](C3=CC=C(Cl)CC3)(O[Si](C)(C3CCCC3)O1)O[Si]2(C)C1CCCC1. The molecule has 5 rings (SSSR count). The van der Waals surface area contributed by atoms with E-state index in [1.165, 1.54) is 63.0 Å². The van der Waals surface area contributed by atoms with Crippen LogP contribution in [0.5, 0.6) is 0 Å². The number of allylic oxidation sites excluding steroid dienone is 4.